The fraction of sp³-hybridized carbons (Fsp3) is 0.571. The van der Waals surface area contributed by atoms with E-state index in [9.17, 15) is 9.59 Å². The number of hydrogen-bond donors (Lipinski definition) is 0. The molecule has 6 heteroatoms. The van der Waals surface area contributed by atoms with Gasteiger partial charge < -0.3 is 14.6 Å². The van der Waals surface area contributed by atoms with E-state index in [0.717, 1.165) is 31.5 Å². The summed E-state index contributed by atoms with van der Waals surface area (Å²) < 4.78 is 0. The van der Waals surface area contributed by atoms with Crippen LogP contribution in [0.3, 0.4) is 0 Å². The molecule has 0 N–H and O–H groups in total. The van der Waals surface area contributed by atoms with Gasteiger partial charge in [-0.05, 0) is 24.8 Å². The number of carbonyl (C=O) groups is 2. The number of carbonyl (C=O) groups excluding carboxylic acids is 2. The van der Waals surface area contributed by atoms with Gasteiger partial charge in [0.1, 0.15) is 0 Å². The van der Waals surface area contributed by atoms with E-state index in [1.807, 2.05) is 34.9 Å². The zero-order chi connectivity index (χ0) is 18.9. The van der Waals surface area contributed by atoms with Crippen LogP contribution in [0, 0.1) is 5.41 Å². The first kappa shape index (κ1) is 18.0. The van der Waals surface area contributed by atoms with E-state index in [0.29, 0.717) is 32.5 Å². The van der Waals surface area contributed by atoms with Gasteiger partial charge in [-0.15, -0.1) is 0 Å². The van der Waals surface area contributed by atoms with E-state index in [-0.39, 0.29) is 17.2 Å². The largest absolute Gasteiger partial charge is 0.382 e. The van der Waals surface area contributed by atoms with Crippen molar-refractivity contribution < 1.29 is 14.4 Å². The quantitative estimate of drug-likeness (QED) is 0.819. The number of piperidine rings is 1. The monoisotopic (exact) mass is 369 g/mol. The highest BCUT2D eigenvalue weighted by Crippen LogP contribution is 2.41. The van der Waals surface area contributed by atoms with Gasteiger partial charge in [-0.2, -0.15) is 0 Å². The number of amides is 2. The predicted octanol–water partition coefficient (Wildman–Crippen LogP) is 2.58. The van der Waals surface area contributed by atoms with Crippen LogP contribution in [0.2, 0.25) is 0 Å². The minimum Gasteiger partial charge on any atom is -0.382 e. The molecular formula is C21H27N3O3. The summed E-state index contributed by atoms with van der Waals surface area (Å²) in [6.07, 6.45) is 3.35. The van der Waals surface area contributed by atoms with Crippen LogP contribution in [0.5, 0.6) is 0 Å². The normalized spacial score (nSPS) is 24.3. The van der Waals surface area contributed by atoms with Crippen molar-refractivity contribution in [3.8, 4) is 0 Å². The molecule has 1 aromatic rings. The van der Waals surface area contributed by atoms with Crippen LogP contribution in [0.15, 0.2) is 35.5 Å². The van der Waals surface area contributed by atoms with E-state index in [1.165, 1.54) is 5.56 Å². The Hall–Kier alpha value is -2.37. The average Bonchev–Trinajstić information content (AvgIpc) is 3.28. The molecule has 27 heavy (non-hydrogen) atoms. The molecule has 3 heterocycles. The zero-order valence-electron chi connectivity index (χ0n) is 15.9. The molecule has 0 aliphatic carbocycles. The summed E-state index contributed by atoms with van der Waals surface area (Å²) in [6, 6.07) is 10.1. The van der Waals surface area contributed by atoms with Gasteiger partial charge in [0, 0.05) is 44.4 Å². The first-order valence-corrected chi connectivity index (χ1v) is 9.91. The molecule has 1 aromatic carbocycles. The standard InChI is InChI=1S/C21H27N3O3/c1-2-17-12-18(27-22-17)20(26)23-10-8-21(9-11-23)13-19(25)24(15-21)14-16-6-4-3-5-7-16/h3-7,18H,2,8-15H2,1H3/t18-/m1/s1. The van der Waals surface area contributed by atoms with Gasteiger partial charge in [0.05, 0.1) is 5.71 Å². The number of benzene rings is 1. The number of hydrogen-bond acceptors (Lipinski definition) is 4. The fourth-order valence-corrected chi connectivity index (χ4v) is 4.44. The minimum absolute atomic E-state index is 0.0181. The molecule has 0 bridgehead atoms. The highest BCUT2D eigenvalue weighted by atomic mass is 16.6. The third-order valence-corrected chi connectivity index (χ3v) is 6.17. The van der Waals surface area contributed by atoms with Crippen LogP contribution >= 0.6 is 0 Å². The Morgan fingerprint density at radius 3 is 2.67 bits per heavy atom. The lowest BCUT2D eigenvalue weighted by molar-refractivity contribution is -0.144. The Balaban J connectivity index is 1.32. The second-order valence-corrected chi connectivity index (χ2v) is 8.05. The van der Waals surface area contributed by atoms with Gasteiger partial charge in [0.25, 0.3) is 5.91 Å². The van der Waals surface area contributed by atoms with Crippen LogP contribution in [0.4, 0.5) is 0 Å². The van der Waals surface area contributed by atoms with Crippen molar-refractivity contribution in [3.05, 3.63) is 35.9 Å². The average molecular weight is 369 g/mol. The number of oxime groups is 1. The van der Waals surface area contributed by atoms with Gasteiger partial charge in [-0.3, -0.25) is 9.59 Å². The smallest absolute Gasteiger partial charge is 0.266 e. The maximum atomic E-state index is 12.7. The summed E-state index contributed by atoms with van der Waals surface area (Å²) in [5.41, 5.74) is 2.14. The van der Waals surface area contributed by atoms with Crippen LogP contribution in [-0.2, 0) is 21.0 Å². The van der Waals surface area contributed by atoms with Crippen molar-refractivity contribution in [1.29, 1.82) is 0 Å². The highest BCUT2D eigenvalue weighted by Gasteiger charge is 2.46. The second kappa shape index (κ2) is 7.33. The molecule has 3 aliphatic rings. The molecular weight excluding hydrogens is 342 g/mol. The van der Waals surface area contributed by atoms with E-state index >= 15 is 0 Å². The van der Waals surface area contributed by atoms with Crippen molar-refractivity contribution in [2.24, 2.45) is 10.6 Å². The Morgan fingerprint density at radius 1 is 1.26 bits per heavy atom. The Bertz CT molecular complexity index is 738. The van der Waals surface area contributed by atoms with Gasteiger partial charge in [-0.25, -0.2) is 0 Å². The maximum absolute atomic E-state index is 12.7. The molecule has 144 valence electrons. The summed E-state index contributed by atoms with van der Waals surface area (Å²) in [4.78, 5) is 34.4. The molecule has 1 spiro atoms. The lowest BCUT2D eigenvalue weighted by Gasteiger charge is -2.39. The van der Waals surface area contributed by atoms with E-state index in [1.54, 1.807) is 0 Å². The van der Waals surface area contributed by atoms with Gasteiger partial charge >= 0.3 is 0 Å². The van der Waals surface area contributed by atoms with Crippen molar-refractivity contribution in [2.75, 3.05) is 19.6 Å². The van der Waals surface area contributed by atoms with Crippen LogP contribution in [0.25, 0.3) is 0 Å². The number of likely N-dealkylation sites (tertiary alicyclic amines) is 2. The van der Waals surface area contributed by atoms with Crippen LogP contribution in [0.1, 0.15) is 44.6 Å². The van der Waals surface area contributed by atoms with Crippen molar-refractivity contribution in [1.82, 2.24) is 9.80 Å². The first-order chi connectivity index (χ1) is 13.1. The molecule has 4 rings (SSSR count). The summed E-state index contributed by atoms with van der Waals surface area (Å²) >= 11 is 0. The number of rotatable bonds is 4. The third kappa shape index (κ3) is 3.70. The van der Waals surface area contributed by atoms with E-state index in [2.05, 4.69) is 17.3 Å². The SMILES string of the molecule is CCC1=NO[C@@H](C(=O)N2CCC3(CC2)CC(=O)N(Cc2ccccc2)C3)C1. The lowest BCUT2D eigenvalue weighted by Crippen LogP contribution is -2.47. The van der Waals surface area contributed by atoms with E-state index in [4.69, 9.17) is 4.84 Å². The van der Waals surface area contributed by atoms with Crippen molar-refractivity contribution in [3.63, 3.8) is 0 Å². The molecule has 0 unspecified atom stereocenters. The summed E-state index contributed by atoms with van der Waals surface area (Å²) in [5, 5.41) is 4.00. The molecule has 3 aliphatic heterocycles. The topological polar surface area (TPSA) is 62.2 Å². The Kier molecular flexibility index (Phi) is 4.89. The molecule has 2 fully saturated rings. The zero-order valence-corrected chi connectivity index (χ0v) is 15.9. The Morgan fingerprint density at radius 2 is 2.00 bits per heavy atom. The molecule has 6 nitrogen and oxygen atoms in total. The first-order valence-electron chi connectivity index (χ1n) is 9.91. The van der Waals surface area contributed by atoms with Gasteiger partial charge in [0.15, 0.2) is 0 Å². The van der Waals surface area contributed by atoms with Crippen molar-refractivity contribution >= 4 is 17.5 Å². The molecule has 0 aromatic heterocycles. The maximum Gasteiger partial charge on any atom is 0.266 e. The van der Waals surface area contributed by atoms with Crippen molar-refractivity contribution in [2.45, 2.75) is 51.7 Å². The van der Waals surface area contributed by atoms with Crippen LogP contribution < -0.4 is 0 Å². The van der Waals surface area contributed by atoms with Gasteiger partial charge in [0.2, 0.25) is 12.0 Å². The molecule has 0 radical (unpaired) electrons. The molecule has 1 atom stereocenters. The molecule has 0 saturated carbocycles. The second-order valence-electron chi connectivity index (χ2n) is 8.05. The summed E-state index contributed by atoms with van der Waals surface area (Å²) in [5.74, 6) is 0.279. The number of nitrogens with zero attached hydrogens (tertiary/aromatic N) is 3. The Labute approximate surface area is 160 Å². The highest BCUT2D eigenvalue weighted by molar-refractivity contribution is 5.92. The summed E-state index contributed by atoms with van der Waals surface area (Å²) in [7, 11) is 0. The fourth-order valence-electron chi connectivity index (χ4n) is 4.44. The third-order valence-electron chi connectivity index (χ3n) is 6.17. The van der Waals surface area contributed by atoms with Gasteiger partial charge in [-0.1, -0.05) is 42.4 Å². The summed E-state index contributed by atoms with van der Waals surface area (Å²) in [6.45, 7) is 4.90. The molecule has 2 amide bonds. The lowest BCUT2D eigenvalue weighted by atomic mass is 9.77. The van der Waals surface area contributed by atoms with Crippen LogP contribution in [-0.4, -0.2) is 53.1 Å². The predicted molar refractivity (Wildman–Crippen MR) is 102 cm³/mol. The minimum atomic E-state index is -0.450. The molecule has 2 saturated heterocycles. The van der Waals surface area contributed by atoms with E-state index < -0.39 is 6.10 Å².